The average Bonchev–Trinajstić information content (AvgIpc) is 3.38. The van der Waals surface area contributed by atoms with E-state index in [1.807, 2.05) is 48.5 Å². The first-order chi connectivity index (χ1) is 17.0. The Bertz CT molecular complexity index is 1250. The second-order valence-corrected chi connectivity index (χ2v) is 8.87. The number of carbonyl (C=O) groups excluding carboxylic acids is 3. The number of nitrogens with one attached hydrogen (secondary N) is 1. The molecule has 3 aromatic carbocycles. The Hall–Kier alpha value is -3.97. The molecule has 1 N–H and O–H groups in total. The molecule has 35 heavy (non-hydrogen) atoms. The Morgan fingerprint density at radius 1 is 0.886 bits per heavy atom. The molecule has 0 aliphatic carbocycles. The smallest absolute Gasteiger partial charge is 0.327 e. The van der Waals surface area contributed by atoms with Gasteiger partial charge in [-0.2, -0.15) is 0 Å². The van der Waals surface area contributed by atoms with Crippen LogP contribution in [0.2, 0.25) is 0 Å². The topological polar surface area (TPSA) is 84.9 Å². The first-order valence-electron chi connectivity index (χ1n) is 11.5. The highest BCUT2D eigenvalue weighted by Crippen LogP contribution is 2.51. The summed E-state index contributed by atoms with van der Waals surface area (Å²) in [5.41, 5.74) is 0.722. The van der Waals surface area contributed by atoms with E-state index >= 15 is 0 Å². The molecule has 4 atom stereocenters. The first-order valence-corrected chi connectivity index (χ1v) is 11.5. The number of para-hydroxylation sites is 1. The van der Waals surface area contributed by atoms with Gasteiger partial charge >= 0.3 is 5.97 Å². The summed E-state index contributed by atoms with van der Waals surface area (Å²) in [6.45, 7) is 0. The van der Waals surface area contributed by atoms with Crippen LogP contribution in [0.3, 0.4) is 0 Å². The maximum atomic E-state index is 13.9. The van der Waals surface area contributed by atoms with Crippen LogP contribution in [-0.4, -0.2) is 37.5 Å². The van der Waals surface area contributed by atoms with Gasteiger partial charge < -0.3 is 9.47 Å². The van der Waals surface area contributed by atoms with Crippen LogP contribution in [0.1, 0.15) is 17.2 Å². The lowest BCUT2D eigenvalue weighted by Gasteiger charge is -2.32. The molecule has 0 bridgehead atoms. The van der Waals surface area contributed by atoms with Gasteiger partial charge in [-0.3, -0.25) is 19.7 Å². The van der Waals surface area contributed by atoms with Gasteiger partial charge in [-0.15, -0.1) is 0 Å². The molecule has 2 amide bonds. The molecule has 3 aromatic rings. The van der Waals surface area contributed by atoms with E-state index < -0.39 is 35.3 Å². The lowest BCUT2D eigenvalue weighted by molar-refractivity contribution is -0.152. The number of hydrogen-bond donors (Lipinski definition) is 1. The van der Waals surface area contributed by atoms with Gasteiger partial charge in [0, 0.05) is 12.5 Å². The summed E-state index contributed by atoms with van der Waals surface area (Å²) in [5.74, 6) is -2.35. The quantitative estimate of drug-likeness (QED) is 0.440. The van der Waals surface area contributed by atoms with Gasteiger partial charge in [-0.05, 0) is 35.4 Å². The third-order valence-electron chi connectivity index (χ3n) is 7.02. The lowest BCUT2D eigenvalue weighted by Crippen LogP contribution is -2.57. The molecule has 7 heteroatoms. The molecule has 0 saturated carbocycles. The van der Waals surface area contributed by atoms with Gasteiger partial charge in [0.25, 0.3) is 0 Å². The van der Waals surface area contributed by atoms with Crippen LogP contribution in [0, 0.1) is 11.8 Å². The fraction of sp³-hybridized carbons (Fsp3) is 0.250. The van der Waals surface area contributed by atoms with Crippen LogP contribution in [0.25, 0.3) is 0 Å². The van der Waals surface area contributed by atoms with E-state index in [-0.39, 0.29) is 12.3 Å². The number of nitrogens with zero attached hydrogens (tertiary/aromatic N) is 1. The van der Waals surface area contributed by atoms with Crippen LogP contribution in [-0.2, 0) is 25.5 Å². The first kappa shape index (κ1) is 22.8. The largest absolute Gasteiger partial charge is 0.497 e. The number of hydrogen-bond acceptors (Lipinski definition) is 6. The van der Waals surface area contributed by atoms with Crippen molar-refractivity contribution in [1.29, 1.82) is 0 Å². The SMILES string of the molecule is COC(=O)[C@@]1(Cc2ccccc2)N[C@H](c2ccc(OC)cc2)[C@@H]2C(=O)N(c3ccccc3)C(=O)[C@H]21. The highest BCUT2D eigenvalue weighted by Gasteiger charge is 2.68. The minimum absolute atomic E-state index is 0.204. The van der Waals surface area contributed by atoms with Gasteiger partial charge in [0.05, 0.1) is 31.7 Å². The summed E-state index contributed by atoms with van der Waals surface area (Å²) >= 11 is 0. The molecule has 5 rings (SSSR count). The maximum absolute atomic E-state index is 13.9. The summed E-state index contributed by atoms with van der Waals surface area (Å²) in [7, 11) is 2.89. The number of carbonyl (C=O) groups is 3. The monoisotopic (exact) mass is 470 g/mol. The molecule has 0 spiro atoms. The number of amides is 2. The predicted octanol–water partition coefficient (Wildman–Crippen LogP) is 3.30. The Morgan fingerprint density at radius 3 is 2.11 bits per heavy atom. The molecule has 2 heterocycles. The number of rotatable bonds is 6. The fourth-order valence-corrected chi connectivity index (χ4v) is 5.45. The molecule has 2 fully saturated rings. The van der Waals surface area contributed by atoms with E-state index in [1.54, 1.807) is 43.5 Å². The van der Waals surface area contributed by atoms with Gasteiger partial charge in [0.15, 0.2) is 0 Å². The van der Waals surface area contributed by atoms with Crippen molar-refractivity contribution in [3.63, 3.8) is 0 Å². The maximum Gasteiger partial charge on any atom is 0.327 e. The fourth-order valence-electron chi connectivity index (χ4n) is 5.45. The Kier molecular flexibility index (Phi) is 5.86. The third-order valence-corrected chi connectivity index (χ3v) is 7.02. The number of fused-ring (bicyclic) bond motifs is 1. The zero-order valence-electron chi connectivity index (χ0n) is 19.5. The Morgan fingerprint density at radius 2 is 1.51 bits per heavy atom. The third kappa shape index (κ3) is 3.68. The van der Waals surface area contributed by atoms with Gasteiger partial charge in [0.2, 0.25) is 11.8 Å². The molecule has 178 valence electrons. The number of methoxy groups -OCH3 is 2. The molecule has 0 radical (unpaired) electrons. The van der Waals surface area contributed by atoms with Gasteiger partial charge in [0.1, 0.15) is 11.3 Å². The summed E-state index contributed by atoms with van der Waals surface area (Å²) in [4.78, 5) is 42.5. The predicted molar refractivity (Wildman–Crippen MR) is 130 cm³/mol. The number of imide groups is 1. The number of benzene rings is 3. The lowest BCUT2D eigenvalue weighted by atomic mass is 9.76. The van der Waals surface area contributed by atoms with Crippen LogP contribution in [0.5, 0.6) is 5.75 Å². The minimum atomic E-state index is -1.42. The Balaban J connectivity index is 1.66. The standard InChI is InChI=1S/C28H26N2O5/c1-34-21-15-13-19(14-16-21)24-22-23(26(32)30(25(22)31)20-11-7-4-8-12-20)28(29-24,27(33)35-2)17-18-9-5-3-6-10-18/h3-16,22-24,29H,17H2,1-2H3/t22-,23+,24-,28+/m1/s1. The highest BCUT2D eigenvalue weighted by molar-refractivity contribution is 6.24. The summed E-state index contributed by atoms with van der Waals surface area (Å²) in [5, 5.41) is 3.41. The molecule has 2 aliphatic rings. The zero-order valence-corrected chi connectivity index (χ0v) is 19.5. The molecule has 0 unspecified atom stereocenters. The van der Waals surface area contributed by atoms with Crippen molar-refractivity contribution in [3.8, 4) is 5.75 Å². The number of esters is 1. The van der Waals surface area contributed by atoms with Crippen LogP contribution >= 0.6 is 0 Å². The molecule has 2 aliphatic heterocycles. The van der Waals surface area contributed by atoms with E-state index in [2.05, 4.69) is 5.32 Å². The summed E-state index contributed by atoms with van der Waals surface area (Å²) in [6, 6.07) is 25.0. The van der Waals surface area contributed by atoms with E-state index in [4.69, 9.17) is 9.47 Å². The normalized spacial score (nSPS) is 25.4. The number of ether oxygens (including phenoxy) is 2. The number of anilines is 1. The molecule has 7 nitrogen and oxygen atoms in total. The van der Waals surface area contributed by atoms with E-state index in [0.717, 1.165) is 11.1 Å². The van der Waals surface area contributed by atoms with Crippen LogP contribution in [0.15, 0.2) is 84.9 Å². The highest BCUT2D eigenvalue weighted by atomic mass is 16.5. The van der Waals surface area contributed by atoms with E-state index in [1.165, 1.54) is 12.0 Å². The van der Waals surface area contributed by atoms with E-state index in [9.17, 15) is 14.4 Å². The van der Waals surface area contributed by atoms with E-state index in [0.29, 0.717) is 11.4 Å². The van der Waals surface area contributed by atoms with Crippen molar-refractivity contribution in [2.45, 2.75) is 18.0 Å². The van der Waals surface area contributed by atoms with Crippen LogP contribution in [0.4, 0.5) is 5.69 Å². The molecule has 2 saturated heterocycles. The van der Waals surface area contributed by atoms with Crippen molar-refractivity contribution >= 4 is 23.5 Å². The molecular formula is C28H26N2O5. The van der Waals surface area contributed by atoms with Crippen molar-refractivity contribution < 1.29 is 23.9 Å². The van der Waals surface area contributed by atoms with Crippen molar-refractivity contribution in [1.82, 2.24) is 5.32 Å². The molecular weight excluding hydrogens is 444 g/mol. The minimum Gasteiger partial charge on any atom is -0.497 e. The summed E-state index contributed by atoms with van der Waals surface area (Å²) < 4.78 is 10.5. The van der Waals surface area contributed by atoms with Crippen LogP contribution < -0.4 is 15.0 Å². The second kappa shape index (κ2) is 9.00. The van der Waals surface area contributed by atoms with Gasteiger partial charge in [-0.25, -0.2) is 4.90 Å². The summed E-state index contributed by atoms with van der Waals surface area (Å²) in [6.07, 6.45) is 0.204. The van der Waals surface area contributed by atoms with Gasteiger partial charge in [-0.1, -0.05) is 60.7 Å². The Labute approximate surface area is 203 Å². The van der Waals surface area contributed by atoms with Crippen molar-refractivity contribution in [3.05, 3.63) is 96.1 Å². The van der Waals surface area contributed by atoms with Crippen molar-refractivity contribution in [2.75, 3.05) is 19.1 Å². The molecule has 0 aromatic heterocycles. The second-order valence-electron chi connectivity index (χ2n) is 8.87. The average molecular weight is 471 g/mol. The zero-order chi connectivity index (χ0) is 24.6. The van der Waals surface area contributed by atoms with Crippen molar-refractivity contribution in [2.24, 2.45) is 11.8 Å².